The van der Waals surface area contributed by atoms with Gasteiger partial charge in [0.25, 0.3) is 0 Å². The Balaban J connectivity index is 1.82. The topological polar surface area (TPSA) is 133 Å². The Morgan fingerprint density at radius 2 is 1.83 bits per heavy atom. The van der Waals surface area contributed by atoms with Gasteiger partial charge in [-0.2, -0.15) is 4.31 Å². The summed E-state index contributed by atoms with van der Waals surface area (Å²) >= 11 is 0. The van der Waals surface area contributed by atoms with E-state index >= 15 is 0 Å². The van der Waals surface area contributed by atoms with Crippen LogP contribution in [0.25, 0.3) is 11.5 Å². The third kappa shape index (κ3) is 4.27. The summed E-state index contributed by atoms with van der Waals surface area (Å²) in [6.07, 6.45) is 2.10. The van der Waals surface area contributed by atoms with Gasteiger partial charge < -0.3 is 18.6 Å². The lowest BCUT2D eigenvalue weighted by Gasteiger charge is -2.20. The first-order valence-corrected chi connectivity index (χ1v) is 10.5. The zero-order valence-corrected chi connectivity index (χ0v) is 17.3. The Morgan fingerprint density at radius 1 is 1.17 bits per heavy atom. The zero-order chi connectivity index (χ0) is 21.2. The SMILES string of the molecule is COc1cc(-c2nnc(NC(=O)C3CCCN3S(C)(=O)=O)o2)cc(OC)c1OC. The number of benzene rings is 1. The fraction of sp³-hybridized carbons (Fsp3) is 0.471. The molecule has 2 aromatic rings. The van der Waals surface area contributed by atoms with Crippen LogP contribution < -0.4 is 19.5 Å². The summed E-state index contributed by atoms with van der Waals surface area (Å²) in [5.41, 5.74) is 0.492. The molecule has 0 aliphatic carbocycles. The molecule has 1 atom stereocenters. The van der Waals surface area contributed by atoms with E-state index in [1.165, 1.54) is 25.6 Å². The first-order chi connectivity index (χ1) is 13.8. The van der Waals surface area contributed by atoms with Gasteiger partial charge in [0.15, 0.2) is 11.5 Å². The third-order valence-corrected chi connectivity index (χ3v) is 5.79. The van der Waals surface area contributed by atoms with E-state index in [0.29, 0.717) is 42.2 Å². The average molecular weight is 426 g/mol. The highest BCUT2D eigenvalue weighted by atomic mass is 32.2. The van der Waals surface area contributed by atoms with Crippen molar-refractivity contribution in [3.8, 4) is 28.7 Å². The van der Waals surface area contributed by atoms with Crippen LogP contribution in [0.2, 0.25) is 0 Å². The maximum atomic E-state index is 12.5. The molecule has 1 aliphatic rings. The molecule has 2 heterocycles. The van der Waals surface area contributed by atoms with Crippen LogP contribution in [-0.4, -0.2) is 69.0 Å². The molecule has 1 N–H and O–H groups in total. The number of sulfonamides is 1. The van der Waals surface area contributed by atoms with E-state index in [9.17, 15) is 13.2 Å². The van der Waals surface area contributed by atoms with Gasteiger partial charge in [-0.3, -0.25) is 10.1 Å². The molecule has 0 bridgehead atoms. The molecular formula is C17H22N4O7S. The van der Waals surface area contributed by atoms with Crippen molar-refractivity contribution in [2.75, 3.05) is 39.4 Å². The van der Waals surface area contributed by atoms with Crippen molar-refractivity contribution in [2.45, 2.75) is 18.9 Å². The molecule has 0 saturated carbocycles. The zero-order valence-electron chi connectivity index (χ0n) is 16.5. The van der Waals surface area contributed by atoms with Crippen LogP contribution in [-0.2, 0) is 14.8 Å². The van der Waals surface area contributed by atoms with Crippen molar-refractivity contribution < 1.29 is 31.8 Å². The highest BCUT2D eigenvalue weighted by Crippen LogP contribution is 2.41. The lowest BCUT2D eigenvalue weighted by atomic mass is 10.2. The van der Waals surface area contributed by atoms with Gasteiger partial charge in [-0.1, -0.05) is 5.10 Å². The van der Waals surface area contributed by atoms with E-state index in [1.54, 1.807) is 12.1 Å². The van der Waals surface area contributed by atoms with Crippen molar-refractivity contribution in [2.24, 2.45) is 0 Å². The number of hydrogen-bond acceptors (Lipinski definition) is 9. The van der Waals surface area contributed by atoms with Gasteiger partial charge in [-0.25, -0.2) is 8.42 Å². The van der Waals surface area contributed by atoms with Crippen LogP contribution >= 0.6 is 0 Å². The second-order valence-electron chi connectivity index (χ2n) is 6.35. The van der Waals surface area contributed by atoms with Crippen LogP contribution in [0.4, 0.5) is 6.01 Å². The largest absolute Gasteiger partial charge is 0.493 e. The van der Waals surface area contributed by atoms with Crippen molar-refractivity contribution in [1.82, 2.24) is 14.5 Å². The van der Waals surface area contributed by atoms with Gasteiger partial charge >= 0.3 is 6.01 Å². The van der Waals surface area contributed by atoms with Crippen LogP contribution in [0.1, 0.15) is 12.8 Å². The van der Waals surface area contributed by atoms with Crippen molar-refractivity contribution in [1.29, 1.82) is 0 Å². The summed E-state index contributed by atoms with van der Waals surface area (Å²) in [7, 11) is 0.970. The first-order valence-electron chi connectivity index (χ1n) is 8.70. The van der Waals surface area contributed by atoms with E-state index in [2.05, 4.69) is 15.5 Å². The number of carbonyl (C=O) groups excluding carboxylic acids is 1. The molecule has 1 aromatic carbocycles. The second kappa shape index (κ2) is 8.25. The summed E-state index contributed by atoms with van der Waals surface area (Å²) in [5.74, 6) is 0.814. The molecule has 158 valence electrons. The Bertz CT molecular complexity index is 980. The fourth-order valence-corrected chi connectivity index (χ4v) is 4.31. The highest BCUT2D eigenvalue weighted by Gasteiger charge is 2.37. The number of nitrogens with zero attached hydrogens (tertiary/aromatic N) is 3. The van der Waals surface area contributed by atoms with E-state index < -0.39 is 22.0 Å². The molecule has 0 spiro atoms. The van der Waals surface area contributed by atoms with Crippen molar-refractivity contribution in [3.63, 3.8) is 0 Å². The number of carbonyl (C=O) groups is 1. The molecule has 0 radical (unpaired) electrons. The summed E-state index contributed by atoms with van der Waals surface area (Å²) in [4.78, 5) is 12.5. The van der Waals surface area contributed by atoms with Gasteiger partial charge in [-0.05, 0) is 25.0 Å². The lowest BCUT2D eigenvalue weighted by molar-refractivity contribution is -0.119. The standard InChI is InChI=1S/C17H22N4O7S/c1-25-12-8-10(9-13(26-2)14(12)27-3)16-19-20-17(28-16)18-15(22)11-6-5-7-21(11)29(4,23)24/h8-9,11H,5-7H2,1-4H3,(H,18,20,22). The summed E-state index contributed by atoms with van der Waals surface area (Å²) in [5, 5.41) is 10.2. The molecule has 12 heteroatoms. The average Bonchev–Trinajstić information content (AvgIpc) is 3.36. The van der Waals surface area contributed by atoms with Gasteiger partial charge in [0.1, 0.15) is 6.04 Å². The van der Waals surface area contributed by atoms with E-state index in [1.807, 2.05) is 0 Å². The molecule has 1 unspecified atom stereocenters. The second-order valence-corrected chi connectivity index (χ2v) is 8.28. The highest BCUT2D eigenvalue weighted by molar-refractivity contribution is 7.88. The number of rotatable bonds is 7. The monoisotopic (exact) mass is 426 g/mol. The molecule has 1 aromatic heterocycles. The minimum atomic E-state index is -3.48. The summed E-state index contributed by atoms with van der Waals surface area (Å²) in [6, 6.07) is 2.31. The number of anilines is 1. The normalized spacial score (nSPS) is 17.2. The lowest BCUT2D eigenvalue weighted by Crippen LogP contribution is -2.42. The molecule has 29 heavy (non-hydrogen) atoms. The minimum Gasteiger partial charge on any atom is -0.493 e. The van der Waals surface area contributed by atoms with E-state index in [0.717, 1.165) is 6.26 Å². The van der Waals surface area contributed by atoms with Gasteiger partial charge in [-0.15, -0.1) is 5.10 Å². The predicted octanol–water partition coefficient (Wildman–Crippen LogP) is 1.12. The fourth-order valence-electron chi connectivity index (χ4n) is 3.18. The predicted molar refractivity (Wildman–Crippen MR) is 103 cm³/mol. The molecule has 1 saturated heterocycles. The molecule has 11 nitrogen and oxygen atoms in total. The smallest absolute Gasteiger partial charge is 0.322 e. The summed E-state index contributed by atoms with van der Waals surface area (Å²) < 4.78 is 46.2. The van der Waals surface area contributed by atoms with E-state index in [4.69, 9.17) is 18.6 Å². The first kappa shape index (κ1) is 20.9. The van der Waals surface area contributed by atoms with Gasteiger partial charge in [0.05, 0.1) is 27.6 Å². The van der Waals surface area contributed by atoms with Crippen LogP contribution in [0, 0.1) is 0 Å². The molecule has 1 fully saturated rings. The maximum Gasteiger partial charge on any atom is 0.322 e. The Labute approximate surface area is 168 Å². The Morgan fingerprint density at radius 3 is 2.38 bits per heavy atom. The molecule has 1 amide bonds. The minimum absolute atomic E-state index is 0.117. The maximum absolute atomic E-state index is 12.5. The van der Waals surface area contributed by atoms with Crippen molar-refractivity contribution in [3.05, 3.63) is 12.1 Å². The Hall–Kier alpha value is -2.86. The summed E-state index contributed by atoms with van der Waals surface area (Å²) in [6.45, 7) is 0.303. The molecular weight excluding hydrogens is 404 g/mol. The molecule has 1 aliphatic heterocycles. The quantitative estimate of drug-likeness (QED) is 0.691. The van der Waals surface area contributed by atoms with Crippen molar-refractivity contribution >= 4 is 21.9 Å². The van der Waals surface area contributed by atoms with Crippen LogP contribution in [0.3, 0.4) is 0 Å². The number of amides is 1. The van der Waals surface area contributed by atoms with E-state index in [-0.39, 0.29) is 11.9 Å². The molecule has 3 rings (SSSR count). The van der Waals surface area contributed by atoms with Gasteiger partial charge in [0, 0.05) is 12.1 Å². The number of ether oxygens (including phenoxy) is 3. The number of methoxy groups -OCH3 is 3. The van der Waals surface area contributed by atoms with Gasteiger partial charge in [0.2, 0.25) is 27.6 Å². The Kier molecular flexibility index (Phi) is 5.94. The van der Waals surface area contributed by atoms with Crippen LogP contribution in [0.5, 0.6) is 17.2 Å². The third-order valence-electron chi connectivity index (χ3n) is 4.50. The number of aromatic nitrogens is 2. The van der Waals surface area contributed by atoms with Crippen LogP contribution in [0.15, 0.2) is 16.5 Å². The number of nitrogens with one attached hydrogen (secondary N) is 1. The number of hydrogen-bond donors (Lipinski definition) is 1.